The number of carbonyl (C=O) groups is 3. The van der Waals surface area contributed by atoms with Crippen LogP contribution in [0.2, 0.25) is 5.02 Å². The largest absolute Gasteiger partial charge is 0.481 e. The van der Waals surface area contributed by atoms with E-state index in [1.807, 2.05) is 48.5 Å². The molecule has 1 aliphatic rings. The molecule has 1 unspecified atom stereocenters. The van der Waals surface area contributed by atoms with Crippen molar-refractivity contribution in [3.8, 4) is 11.1 Å². The Bertz CT molecular complexity index is 1230. The highest BCUT2D eigenvalue weighted by Crippen LogP contribution is 2.44. The van der Waals surface area contributed by atoms with Gasteiger partial charge in [-0.15, -0.1) is 0 Å². The molecule has 0 spiro atoms. The fourth-order valence-corrected chi connectivity index (χ4v) is 4.46. The van der Waals surface area contributed by atoms with Gasteiger partial charge in [-0.2, -0.15) is 0 Å². The highest BCUT2D eigenvalue weighted by atomic mass is 35.5. The van der Waals surface area contributed by atoms with Crippen LogP contribution in [-0.4, -0.2) is 35.7 Å². The van der Waals surface area contributed by atoms with Gasteiger partial charge in [-0.1, -0.05) is 66.2 Å². The third-order valence-corrected chi connectivity index (χ3v) is 6.53. The molecule has 0 saturated heterocycles. The Balaban J connectivity index is 1.44. The predicted molar refractivity (Wildman–Crippen MR) is 134 cm³/mol. The molecular weight excluding hydrogens is 468 g/mol. The van der Waals surface area contributed by atoms with Crippen molar-refractivity contribution in [3.63, 3.8) is 0 Å². The maximum absolute atomic E-state index is 12.9. The van der Waals surface area contributed by atoms with Crippen molar-refractivity contribution < 1.29 is 24.2 Å². The molecule has 3 aromatic rings. The summed E-state index contributed by atoms with van der Waals surface area (Å²) in [7, 11) is 0. The van der Waals surface area contributed by atoms with Crippen LogP contribution in [0.4, 0.5) is 10.5 Å². The first-order valence-corrected chi connectivity index (χ1v) is 11.6. The SMILES string of the molecule is Cc1c(Cl)cccc1NC(=O)C(CCC(=O)O)NC(=O)OCC1c2ccccc2-c2ccccc21. The van der Waals surface area contributed by atoms with Gasteiger partial charge < -0.3 is 20.5 Å². The lowest BCUT2D eigenvalue weighted by Crippen LogP contribution is -2.44. The second kappa shape index (κ2) is 10.6. The molecule has 0 aromatic heterocycles. The van der Waals surface area contributed by atoms with Crippen molar-refractivity contribution in [1.29, 1.82) is 0 Å². The molecule has 0 heterocycles. The van der Waals surface area contributed by atoms with Gasteiger partial charge in [0.15, 0.2) is 0 Å². The van der Waals surface area contributed by atoms with Crippen LogP contribution in [0.25, 0.3) is 11.1 Å². The van der Waals surface area contributed by atoms with E-state index in [9.17, 15) is 14.4 Å². The van der Waals surface area contributed by atoms with Gasteiger partial charge in [0, 0.05) is 23.0 Å². The van der Waals surface area contributed by atoms with E-state index in [4.69, 9.17) is 21.4 Å². The Hall–Kier alpha value is -3.84. The van der Waals surface area contributed by atoms with Crippen LogP contribution >= 0.6 is 11.6 Å². The lowest BCUT2D eigenvalue weighted by atomic mass is 9.98. The third kappa shape index (κ3) is 5.46. The summed E-state index contributed by atoms with van der Waals surface area (Å²) >= 11 is 6.12. The maximum Gasteiger partial charge on any atom is 0.407 e. The van der Waals surface area contributed by atoms with Gasteiger partial charge in [0.05, 0.1) is 0 Å². The number of anilines is 1. The molecule has 0 saturated carbocycles. The highest BCUT2D eigenvalue weighted by molar-refractivity contribution is 6.31. The Kier molecular flexibility index (Phi) is 7.36. The van der Waals surface area contributed by atoms with Crippen molar-refractivity contribution in [2.24, 2.45) is 0 Å². The number of rotatable bonds is 8. The third-order valence-electron chi connectivity index (χ3n) is 6.12. The Labute approximate surface area is 208 Å². The first-order valence-electron chi connectivity index (χ1n) is 11.2. The highest BCUT2D eigenvalue weighted by Gasteiger charge is 2.30. The van der Waals surface area contributed by atoms with E-state index >= 15 is 0 Å². The number of amides is 2. The number of halogens is 1. The average molecular weight is 493 g/mol. The lowest BCUT2D eigenvalue weighted by Gasteiger charge is -2.20. The van der Waals surface area contributed by atoms with E-state index < -0.39 is 24.0 Å². The van der Waals surface area contributed by atoms with Crippen LogP contribution in [0.5, 0.6) is 0 Å². The number of carbonyl (C=O) groups excluding carboxylic acids is 2. The summed E-state index contributed by atoms with van der Waals surface area (Å²) in [5, 5.41) is 14.8. The Morgan fingerprint density at radius 3 is 2.23 bits per heavy atom. The van der Waals surface area contributed by atoms with Crippen LogP contribution < -0.4 is 10.6 Å². The topological polar surface area (TPSA) is 105 Å². The Morgan fingerprint density at radius 1 is 0.971 bits per heavy atom. The number of hydrogen-bond acceptors (Lipinski definition) is 4. The van der Waals surface area contributed by atoms with E-state index in [2.05, 4.69) is 10.6 Å². The normalized spacial score (nSPS) is 12.9. The minimum Gasteiger partial charge on any atom is -0.481 e. The molecule has 0 bridgehead atoms. The summed E-state index contributed by atoms with van der Waals surface area (Å²) < 4.78 is 5.52. The molecule has 2 amide bonds. The predicted octanol–water partition coefficient (Wildman–Crippen LogP) is 5.36. The zero-order chi connectivity index (χ0) is 24.9. The number of ether oxygens (including phenoxy) is 1. The van der Waals surface area contributed by atoms with Gasteiger partial charge in [0.2, 0.25) is 5.91 Å². The summed E-state index contributed by atoms with van der Waals surface area (Å²) in [5.41, 5.74) is 5.49. The number of nitrogens with one attached hydrogen (secondary N) is 2. The summed E-state index contributed by atoms with van der Waals surface area (Å²) in [4.78, 5) is 36.7. The number of carboxylic acid groups (broad SMARTS) is 1. The van der Waals surface area contributed by atoms with E-state index in [1.165, 1.54) is 0 Å². The first-order chi connectivity index (χ1) is 16.8. The minimum absolute atomic E-state index is 0.0839. The van der Waals surface area contributed by atoms with Crippen LogP contribution in [0.3, 0.4) is 0 Å². The van der Waals surface area contributed by atoms with Gasteiger partial charge in [0.25, 0.3) is 0 Å². The number of carboxylic acids is 1. The fraction of sp³-hybridized carbons (Fsp3) is 0.222. The smallest absolute Gasteiger partial charge is 0.407 e. The summed E-state index contributed by atoms with van der Waals surface area (Å²) in [6, 6.07) is 19.9. The molecular formula is C27H25ClN2O5. The van der Waals surface area contributed by atoms with Crippen molar-refractivity contribution in [3.05, 3.63) is 88.4 Å². The molecule has 1 atom stereocenters. The summed E-state index contributed by atoms with van der Waals surface area (Å²) in [6.07, 6.45) is -1.18. The number of alkyl carbamates (subject to hydrolysis) is 1. The van der Waals surface area contributed by atoms with Crippen molar-refractivity contribution in [1.82, 2.24) is 5.32 Å². The first kappa shape index (κ1) is 24.3. The van der Waals surface area contributed by atoms with E-state index in [-0.39, 0.29) is 25.4 Å². The van der Waals surface area contributed by atoms with Crippen LogP contribution in [0.1, 0.15) is 35.4 Å². The van der Waals surface area contributed by atoms with Gasteiger partial charge in [0.1, 0.15) is 12.6 Å². The monoisotopic (exact) mass is 492 g/mol. The molecule has 180 valence electrons. The van der Waals surface area contributed by atoms with Gasteiger partial charge in [-0.25, -0.2) is 4.79 Å². The minimum atomic E-state index is -1.10. The number of hydrogen-bond donors (Lipinski definition) is 3. The number of aliphatic carboxylic acids is 1. The average Bonchev–Trinajstić information content (AvgIpc) is 3.17. The molecule has 35 heavy (non-hydrogen) atoms. The maximum atomic E-state index is 12.9. The van der Waals surface area contributed by atoms with Crippen LogP contribution in [0.15, 0.2) is 66.7 Å². The van der Waals surface area contributed by atoms with E-state index in [1.54, 1.807) is 25.1 Å². The molecule has 3 N–H and O–H groups in total. The fourth-order valence-electron chi connectivity index (χ4n) is 4.28. The number of benzene rings is 3. The van der Waals surface area contributed by atoms with Crippen LogP contribution in [-0.2, 0) is 14.3 Å². The zero-order valence-corrected chi connectivity index (χ0v) is 19.8. The molecule has 3 aromatic carbocycles. The Morgan fingerprint density at radius 2 is 1.60 bits per heavy atom. The molecule has 8 heteroatoms. The van der Waals surface area contributed by atoms with Gasteiger partial charge >= 0.3 is 12.1 Å². The van der Waals surface area contributed by atoms with Gasteiger partial charge in [-0.3, -0.25) is 9.59 Å². The quantitative estimate of drug-likeness (QED) is 0.392. The summed E-state index contributed by atoms with van der Waals surface area (Å²) in [5.74, 6) is -1.75. The molecule has 0 fully saturated rings. The molecule has 0 aliphatic heterocycles. The standard InChI is InChI=1S/C27H25ClN2O5/c1-16-22(28)11-6-12-23(16)29-26(33)24(13-14-25(31)32)30-27(34)35-15-21-19-9-4-2-7-17(19)18-8-3-5-10-20(18)21/h2-12,21,24H,13-15H2,1H3,(H,29,33)(H,30,34)(H,31,32). The van der Waals surface area contributed by atoms with E-state index in [0.29, 0.717) is 16.3 Å². The zero-order valence-electron chi connectivity index (χ0n) is 19.1. The van der Waals surface area contributed by atoms with E-state index in [0.717, 1.165) is 22.3 Å². The number of fused-ring (bicyclic) bond motifs is 3. The van der Waals surface area contributed by atoms with Crippen molar-refractivity contribution >= 4 is 35.3 Å². The second-order valence-electron chi connectivity index (χ2n) is 8.36. The molecule has 0 radical (unpaired) electrons. The van der Waals surface area contributed by atoms with Crippen molar-refractivity contribution in [2.45, 2.75) is 31.7 Å². The molecule has 1 aliphatic carbocycles. The lowest BCUT2D eigenvalue weighted by molar-refractivity contribution is -0.137. The summed E-state index contributed by atoms with van der Waals surface area (Å²) in [6.45, 7) is 1.84. The second-order valence-corrected chi connectivity index (χ2v) is 8.76. The van der Waals surface area contributed by atoms with Crippen molar-refractivity contribution in [2.75, 3.05) is 11.9 Å². The van der Waals surface area contributed by atoms with Gasteiger partial charge in [-0.05, 0) is 53.3 Å². The molecule has 4 rings (SSSR count). The van der Waals surface area contributed by atoms with Crippen LogP contribution in [0, 0.1) is 6.92 Å². The molecule has 7 nitrogen and oxygen atoms in total.